The highest BCUT2D eigenvalue weighted by Gasteiger charge is 2.12. The van der Waals surface area contributed by atoms with Crippen molar-refractivity contribution in [1.82, 2.24) is 0 Å². The zero-order valence-corrected chi connectivity index (χ0v) is 16.1. The van der Waals surface area contributed by atoms with E-state index in [2.05, 4.69) is 63.7 Å². The van der Waals surface area contributed by atoms with Crippen LogP contribution in [0.3, 0.4) is 0 Å². The first-order valence-electron chi connectivity index (χ1n) is 5.17. The summed E-state index contributed by atoms with van der Waals surface area (Å²) in [6.07, 6.45) is 0. The van der Waals surface area contributed by atoms with Crippen molar-refractivity contribution in [2.45, 2.75) is 0 Å². The summed E-state index contributed by atoms with van der Waals surface area (Å²) in [5.41, 5.74) is 0. The molecular weight excluding hydrogens is 508 g/mol. The van der Waals surface area contributed by atoms with Gasteiger partial charge in [-0.15, -0.1) is 0 Å². The minimum atomic E-state index is 0.648. The van der Waals surface area contributed by atoms with E-state index in [1.54, 1.807) is 7.11 Å². The molecular formula is C13H8Br4O2. The molecule has 2 aromatic rings. The number of methoxy groups -OCH3 is 1. The molecule has 0 aromatic heterocycles. The van der Waals surface area contributed by atoms with Crippen molar-refractivity contribution >= 4 is 63.7 Å². The van der Waals surface area contributed by atoms with Gasteiger partial charge < -0.3 is 9.47 Å². The Kier molecular flexibility index (Phi) is 5.34. The predicted octanol–water partition coefficient (Wildman–Crippen LogP) is 6.54. The molecule has 6 heteroatoms. The van der Waals surface area contributed by atoms with Crippen molar-refractivity contribution in [2.24, 2.45) is 0 Å². The first-order chi connectivity index (χ1) is 9.01. The van der Waals surface area contributed by atoms with E-state index < -0.39 is 0 Å². The Balaban J connectivity index is 2.42. The Morgan fingerprint density at radius 1 is 0.789 bits per heavy atom. The molecule has 0 aliphatic heterocycles. The Labute approximate surface area is 145 Å². The van der Waals surface area contributed by atoms with Gasteiger partial charge >= 0.3 is 0 Å². The molecule has 0 saturated heterocycles. The highest BCUT2D eigenvalue weighted by molar-refractivity contribution is 9.11. The summed E-state index contributed by atoms with van der Waals surface area (Å²) in [5, 5.41) is 0. The summed E-state index contributed by atoms with van der Waals surface area (Å²) in [4.78, 5) is 0. The fourth-order valence-electron chi connectivity index (χ4n) is 1.46. The number of hydrogen-bond acceptors (Lipinski definition) is 2. The Hall–Kier alpha value is -0.0400. The highest BCUT2D eigenvalue weighted by Crippen LogP contribution is 2.42. The average molecular weight is 516 g/mol. The van der Waals surface area contributed by atoms with E-state index in [1.807, 2.05) is 30.3 Å². The second-order valence-electron chi connectivity index (χ2n) is 3.60. The molecule has 0 bridgehead atoms. The molecule has 0 amide bonds. The molecule has 19 heavy (non-hydrogen) atoms. The Bertz CT molecular complexity index is 591. The summed E-state index contributed by atoms with van der Waals surface area (Å²) in [7, 11) is 1.61. The minimum absolute atomic E-state index is 0.648. The van der Waals surface area contributed by atoms with Crippen LogP contribution in [0.2, 0.25) is 0 Å². The van der Waals surface area contributed by atoms with Crippen LogP contribution in [0.5, 0.6) is 17.2 Å². The Morgan fingerprint density at radius 2 is 1.42 bits per heavy atom. The number of rotatable bonds is 3. The summed E-state index contributed by atoms with van der Waals surface area (Å²) in [5.74, 6) is 2.01. The van der Waals surface area contributed by atoms with Crippen LogP contribution in [-0.4, -0.2) is 7.11 Å². The minimum Gasteiger partial charge on any atom is -0.493 e. The van der Waals surface area contributed by atoms with E-state index in [0.717, 1.165) is 17.9 Å². The summed E-state index contributed by atoms with van der Waals surface area (Å²) >= 11 is 13.8. The molecule has 0 radical (unpaired) electrons. The molecule has 0 saturated carbocycles. The van der Waals surface area contributed by atoms with Gasteiger partial charge in [0.2, 0.25) is 0 Å². The van der Waals surface area contributed by atoms with Crippen molar-refractivity contribution < 1.29 is 9.47 Å². The molecule has 2 rings (SSSR count). The zero-order valence-electron chi connectivity index (χ0n) is 9.72. The van der Waals surface area contributed by atoms with E-state index in [1.165, 1.54) is 0 Å². The lowest BCUT2D eigenvalue weighted by Gasteiger charge is -2.13. The van der Waals surface area contributed by atoms with E-state index in [0.29, 0.717) is 17.2 Å². The first-order valence-corrected chi connectivity index (χ1v) is 8.34. The largest absolute Gasteiger partial charge is 0.493 e. The van der Waals surface area contributed by atoms with Gasteiger partial charge in [0.1, 0.15) is 0 Å². The maximum absolute atomic E-state index is 5.91. The van der Waals surface area contributed by atoms with Gasteiger partial charge in [-0.05, 0) is 62.2 Å². The standard InChI is InChI=1S/C13H8Br4O2/c1-18-12-6-7(14)2-3-11(12)19-13-9(16)4-8(15)5-10(13)17/h2-6H,1H3. The van der Waals surface area contributed by atoms with Crippen LogP contribution in [0, 0.1) is 0 Å². The van der Waals surface area contributed by atoms with E-state index in [4.69, 9.17) is 9.47 Å². The third-order valence-corrected chi connectivity index (χ3v) is 4.43. The molecule has 0 heterocycles. The van der Waals surface area contributed by atoms with Gasteiger partial charge in [-0.25, -0.2) is 0 Å². The van der Waals surface area contributed by atoms with E-state index in [9.17, 15) is 0 Å². The lowest BCUT2D eigenvalue weighted by molar-refractivity contribution is 0.377. The van der Waals surface area contributed by atoms with E-state index >= 15 is 0 Å². The van der Waals surface area contributed by atoms with Crippen LogP contribution < -0.4 is 9.47 Å². The highest BCUT2D eigenvalue weighted by atomic mass is 79.9. The number of benzene rings is 2. The second kappa shape index (κ2) is 6.61. The fourth-order valence-corrected chi connectivity index (χ4v) is 4.22. The molecule has 100 valence electrons. The van der Waals surface area contributed by atoms with Crippen LogP contribution in [0.25, 0.3) is 0 Å². The lowest BCUT2D eigenvalue weighted by atomic mass is 10.3. The van der Waals surface area contributed by atoms with Gasteiger partial charge in [0, 0.05) is 8.95 Å². The maximum atomic E-state index is 5.91. The molecule has 0 aliphatic rings. The van der Waals surface area contributed by atoms with Crippen LogP contribution in [0.1, 0.15) is 0 Å². The van der Waals surface area contributed by atoms with E-state index in [-0.39, 0.29) is 0 Å². The second-order valence-corrected chi connectivity index (χ2v) is 7.14. The van der Waals surface area contributed by atoms with Gasteiger partial charge in [-0.1, -0.05) is 31.9 Å². The van der Waals surface area contributed by atoms with Crippen LogP contribution in [-0.2, 0) is 0 Å². The quantitative estimate of drug-likeness (QED) is 0.462. The third-order valence-electron chi connectivity index (χ3n) is 2.30. The number of halogens is 4. The molecule has 0 fully saturated rings. The smallest absolute Gasteiger partial charge is 0.169 e. The normalized spacial score (nSPS) is 10.4. The van der Waals surface area contributed by atoms with Crippen LogP contribution in [0.4, 0.5) is 0 Å². The Morgan fingerprint density at radius 3 is 2.00 bits per heavy atom. The number of ether oxygens (including phenoxy) is 2. The molecule has 0 N–H and O–H groups in total. The maximum Gasteiger partial charge on any atom is 0.169 e. The average Bonchev–Trinajstić information content (AvgIpc) is 2.35. The van der Waals surface area contributed by atoms with Gasteiger partial charge in [0.25, 0.3) is 0 Å². The monoisotopic (exact) mass is 512 g/mol. The summed E-state index contributed by atoms with van der Waals surface area (Å²) in [6.45, 7) is 0. The van der Waals surface area contributed by atoms with Gasteiger partial charge in [0.15, 0.2) is 17.2 Å². The summed E-state index contributed by atoms with van der Waals surface area (Å²) in [6, 6.07) is 9.45. The van der Waals surface area contributed by atoms with Crippen molar-refractivity contribution in [3.8, 4) is 17.2 Å². The molecule has 0 atom stereocenters. The molecule has 0 unspecified atom stereocenters. The van der Waals surface area contributed by atoms with Crippen LogP contribution in [0.15, 0.2) is 48.2 Å². The third kappa shape index (κ3) is 3.74. The van der Waals surface area contributed by atoms with Gasteiger partial charge in [-0.3, -0.25) is 0 Å². The van der Waals surface area contributed by atoms with Crippen LogP contribution >= 0.6 is 63.7 Å². The SMILES string of the molecule is COc1cc(Br)ccc1Oc1c(Br)cc(Br)cc1Br. The first kappa shape index (κ1) is 15.4. The number of hydrogen-bond donors (Lipinski definition) is 0. The van der Waals surface area contributed by atoms with Gasteiger partial charge in [-0.2, -0.15) is 0 Å². The lowest BCUT2D eigenvalue weighted by Crippen LogP contribution is -1.92. The molecule has 0 aliphatic carbocycles. The molecule has 0 spiro atoms. The zero-order chi connectivity index (χ0) is 14.0. The predicted molar refractivity (Wildman–Crippen MR) is 90.3 cm³/mol. The molecule has 2 nitrogen and oxygen atoms in total. The topological polar surface area (TPSA) is 18.5 Å². The molecule has 2 aromatic carbocycles. The van der Waals surface area contributed by atoms with Gasteiger partial charge in [0.05, 0.1) is 16.1 Å². The summed E-state index contributed by atoms with van der Waals surface area (Å²) < 4.78 is 14.8. The van der Waals surface area contributed by atoms with Crippen molar-refractivity contribution in [3.05, 3.63) is 48.2 Å². The van der Waals surface area contributed by atoms with Crippen molar-refractivity contribution in [1.29, 1.82) is 0 Å². The van der Waals surface area contributed by atoms with Crippen molar-refractivity contribution in [2.75, 3.05) is 7.11 Å². The fraction of sp³-hybridized carbons (Fsp3) is 0.0769. The van der Waals surface area contributed by atoms with Crippen molar-refractivity contribution in [3.63, 3.8) is 0 Å².